The first kappa shape index (κ1) is 22.0. The lowest BCUT2D eigenvalue weighted by molar-refractivity contribution is -0.132. The third-order valence-corrected chi connectivity index (χ3v) is 5.48. The van der Waals surface area contributed by atoms with Crippen molar-refractivity contribution in [1.29, 1.82) is 0 Å². The SMILES string of the molecule is COc1ccc(N2C(=O)C(=O)/C(=C(\O)c3ccc(OC)c(OC)c3)C2c2ccc(C)o2)cc1. The molecule has 1 N–H and O–H groups in total. The summed E-state index contributed by atoms with van der Waals surface area (Å²) in [5.41, 5.74) is 0.675. The number of aliphatic hydroxyl groups excluding tert-OH is 1. The van der Waals surface area contributed by atoms with Crippen LogP contribution in [0, 0.1) is 6.92 Å². The number of rotatable bonds is 6. The van der Waals surface area contributed by atoms with Crippen LogP contribution in [0.15, 0.2) is 64.6 Å². The van der Waals surface area contributed by atoms with Crippen molar-refractivity contribution in [1.82, 2.24) is 0 Å². The van der Waals surface area contributed by atoms with Gasteiger partial charge in [-0.15, -0.1) is 0 Å². The zero-order valence-corrected chi connectivity index (χ0v) is 18.6. The van der Waals surface area contributed by atoms with Crippen molar-refractivity contribution in [2.45, 2.75) is 13.0 Å². The average Bonchev–Trinajstić information content (AvgIpc) is 3.38. The van der Waals surface area contributed by atoms with E-state index in [2.05, 4.69) is 0 Å². The van der Waals surface area contributed by atoms with Gasteiger partial charge in [-0.3, -0.25) is 14.5 Å². The second kappa shape index (κ2) is 8.74. The van der Waals surface area contributed by atoms with Crippen LogP contribution in [0.25, 0.3) is 5.76 Å². The average molecular weight is 449 g/mol. The molecule has 1 aliphatic rings. The molecule has 0 saturated carbocycles. The van der Waals surface area contributed by atoms with Crippen LogP contribution in [0.1, 0.15) is 23.1 Å². The standard InChI is InChI=1S/C25H23NO7/c1-14-5-11-19(33-14)22-21(23(27)15-6-12-18(31-3)20(13-15)32-4)24(28)25(29)26(22)16-7-9-17(30-2)10-8-16/h5-13,22,27H,1-4H3/b23-21-. The fourth-order valence-corrected chi connectivity index (χ4v) is 3.85. The van der Waals surface area contributed by atoms with Gasteiger partial charge in [-0.2, -0.15) is 0 Å². The number of anilines is 1. The second-order valence-electron chi connectivity index (χ2n) is 7.39. The van der Waals surface area contributed by atoms with Crippen LogP contribution in [0.3, 0.4) is 0 Å². The lowest BCUT2D eigenvalue weighted by Gasteiger charge is -2.23. The molecule has 4 rings (SSSR count). The summed E-state index contributed by atoms with van der Waals surface area (Å²) < 4.78 is 21.5. The lowest BCUT2D eigenvalue weighted by atomic mass is 9.99. The highest BCUT2D eigenvalue weighted by Gasteiger charge is 2.48. The van der Waals surface area contributed by atoms with Crippen LogP contribution in [-0.2, 0) is 9.59 Å². The summed E-state index contributed by atoms with van der Waals surface area (Å²) in [6.07, 6.45) is 0. The molecule has 0 aliphatic carbocycles. The number of aliphatic hydroxyl groups is 1. The van der Waals surface area contributed by atoms with Gasteiger partial charge in [-0.25, -0.2) is 0 Å². The molecule has 8 nitrogen and oxygen atoms in total. The number of ether oxygens (including phenoxy) is 3. The maximum atomic E-state index is 13.2. The molecule has 1 saturated heterocycles. The minimum Gasteiger partial charge on any atom is -0.507 e. The van der Waals surface area contributed by atoms with Crippen LogP contribution >= 0.6 is 0 Å². The Balaban J connectivity index is 1.90. The molecule has 0 bridgehead atoms. The Kier molecular flexibility index (Phi) is 5.83. The minimum absolute atomic E-state index is 0.0858. The summed E-state index contributed by atoms with van der Waals surface area (Å²) in [5.74, 6) is 0.456. The monoisotopic (exact) mass is 449 g/mol. The van der Waals surface area contributed by atoms with Gasteiger partial charge in [-0.05, 0) is 61.5 Å². The largest absolute Gasteiger partial charge is 0.507 e. The van der Waals surface area contributed by atoms with Gasteiger partial charge in [0.15, 0.2) is 11.5 Å². The lowest BCUT2D eigenvalue weighted by Crippen LogP contribution is -2.29. The van der Waals surface area contributed by atoms with Crippen LogP contribution in [0.2, 0.25) is 0 Å². The van der Waals surface area contributed by atoms with Crippen LogP contribution in [0.5, 0.6) is 17.2 Å². The molecular formula is C25H23NO7. The van der Waals surface area contributed by atoms with Crippen molar-refractivity contribution < 1.29 is 33.3 Å². The summed E-state index contributed by atoms with van der Waals surface area (Å²) in [6, 6.07) is 13.9. The molecule has 2 heterocycles. The highest BCUT2D eigenvalue weighted by atomic mass is 16.5. The Morgan fingerprint density at radius 2 is 1.61 bits per heavy atom. The molecule has 1 aromatic heterocycles. The Morgan fingerprint density at radius 3 is 2.18 bits per heavy atom. The van der Waals surface area contributed by atoms with Crippen LogP contribution in [-0.4, -0.2) is 38.1 Å². The van der Waals surface area contributed by atoms with Crippen molar-refractivity contribution in [3.63, 3.8) is 0 Å². The van der Waals surface area contributed by atoms with Crippen molar-refractivity contribution >= 4 is 23.1 Å². The molecule has 170 valence electrons. The molecular weight excluding hydrogens is 426 g/mol. The van der Waals surface area contributed by atoms with E-state index in [9.17, 15) is 14.7 Å². The summed E-state index contributed by atoms with van der Waals surface area (Å²) in [6.45, 7) is 1.76. The summed E-state index contributed by atoms with van der Waals surface area (Å²) in [7, 11) is 4.50. The number of hydrogen-bond donors (Lipinski definition) is 1. The van der Waals surface area contributed by atoms with Gasteiger partial charge in [0.05, 0.1) is 26.9 Å². The molecule has 1 unspecified atom stereocenters. The number of aryl methyl sites for hydroxylation is 1. The molecule has 0 radical (unpaired) electrons. The number of carbonyl (C=O) groups excluding carboxylic acids is 2. The number of hydrogen-bond acceptors (Lipinski definition) is 7. The fraction of sp³-hybridized carbons (Fsp3) is 0.200. The van der Waals surface area contributed by atoms with E-state index in [1.807, 2.05) is 0 Å². The number of furan rings is 1. The van der Waals surface area contributed by atoms with Crippen LogP contribution < -0.4 is 19.1 Å². The van der Waals surface area contributed by atoms with E-state index in [0.29, 0.717) is 40.0 Å². The first-order chi connectivity index (χ1) is 15.9. The Morgan fingerprint density at radius 1 is 0.909 bits per heavy atom. The summed E-state index contributed by atoms with van der Waals surface area (Å²) >= 11 is 0. The first-order valence-electron chi connectivity index (χ1n) is 10.1. The first-order valence-corrected chi connectivity index (χ1v) is 10.1. The molecule has 0 spiro atoms. The molecule has 33 heavy (non-hydrogen) atoms. The third-order valence-electron chi connectivity index (χ3n) is 5.48. The van der Waals surface area contributed by atoms with Gasteiger partial charge >= 0.3 is 0 Å². The van der Waals surface area contributed by atoms with E-state index in [4.69, 9.17) is 18.6 Å². The predicted molar refractivity (Wildman–Crippen MR) is 121 cm³/mol. The number of amides is 1. The van der Waals surface area contributed by atoms with E-state index in [1.54, 1.807) is 61.5 Å². The highest BCUT2D eigenvalue weighted by molar-refractivity contribution is 6.51. The minimum atomic E-state index is -0.958. The number of nitrogens with zero attached hydrogens (tertiary/aromatic N) is 1. The maximum Gasteiger partial charge on any atom is 0.300 e. The number of carbonyl (C=O) groups is 2. The Bertz CT molecular complexity index is 1240. The predicted octanol–water partition coefficient (Wildman–Crippen LogP) is 4.24. The zero-order chi connectivity index (χ0) is 23.7. The molecule has 3 aromatic rings. The molecule has 1 aliphatic heterocycles. The molecule has 8 heteroatoms. The van der Waals surface area contributed by atoms with E-state index >= 15 is 0 Å². The Labute approximate surface area is 190 Å². The van der Waals surface area contributed by atoms with Gasteiger partial charge in [0.1, 0.15) is 29.1 Å². The van der Waals surface area contributed by atoms with E-state index in [0.717, 1.165) is 0 Å². The number of benzene rings is 2. The van der Waals surface area contributed by atoms with Crippen LogP contribution in [0.4, 0.5) is 5.69 Å². The highest BCUT2D eigenvalue weighted by Crippen LogP contribution is 2.43. The summed E-state index contributed by atoms with van der Waals surface area (Å²) in [5, 5.41) is 11.2. The number of ketones is 1. The fourth-order valence-electron chi connectivity index (χ4n) is 3.85. The van der Waals surface area contributed by atoms with E-state index in [-0.39, 0.29) is 11.3 Å². The van der Waals surface area contributed by atoms with Gasteiger partial charge < -0.3 is 23.7 Å². The van der Waals surface area contributed by atoms with E-state index < -0.39 is 17.7 Å². The van der Waals surface area contributed by atoms with Crippen molar-refractivity contribution in [2.75, 3.05) is 26.2 Å². The van der Waals surface area contributed by atoms with Crippen molar-refractivity contribution in [3.05, 3.63) is 77.3 Å². The topological polar surface area (TPSA) is 98.4 Å². The molecule has 2 aromatic carbocycles. The second-order valence-corrected chi connectivity index (χ2v) is 7.39. The van der Waals surface area contributed by atoms with Crippen molar-refractivity contribution in [2.24, 2.45) is 0 Å². The van der Waals surface area contributed by atoms with Gasteiger partial charge in [0, 0.05) is 11.3 Å². The third kappa shape index (κ3) is 3.80. The summed E-state index contributed by atoms with van der Waals surface area (Å²) in [4.78, 5) is 27.6. The smallest absolute Gasteiger partial charge is 0.300 e. The molecule has 1 amide bonds. The maximum absolute atomic E-state index is 13.2. The van der Waals surface area contributed by atoms with Crippen molar-refractivity contribution in [3.8, 4) is 17.2 Å². The normalized spacial score (nSPS) is 17.3. The van der Waals surface area contributed by atoms with E-state index in [1.165, 1.54) is 26.2 Å². The number of Topliss-reactive ketones (excluding diaryl/α,β-unsaturated/α-hetero) is 1. The number of methoxy groups -OCH3 is 3. The zero-order valence-electron chi connectivity index (χ0n) is 18.6. The van der Waals surface area contributed by atoms with Gasteiger partial charge in [-0.1, -0.05) is 0 Å². The Hall–Kier alpha value is -4.20. The van der Waals surface area contributed by atoms with Gasteiger partial charge in [0.2, 0.25) is 0 Å². The quantitative estimate of drug-likeness (QED) is 0.341. The van der Waals surface area contributed by atoms with Gasteiger partial charge in [0.25, 0.3) is 11.7 Å². The molecule has 1 atom stereocenters. The molecule has 1 fully saturated rings.